The van der Waals surface area contributed by atoms with E-state index in [0.29, 0.717) is 4.90 Å². The number of carbonyl (C=O) groups excluding carboxylic acids is 1. The molecule has 4 nitrogen and oxygen atoms in total. The second-order valence-electron chi connectivity index (χ2n) is 2.68. The van der Waals surface area contributed by atoms with E-state index >= 15 is 0 Å². The van der Waals surface area contributed by atoms with Crippen LogP contribution in [-0.2, 0) is 17.3 Å². The average molecular weight is 230 g/mol. The molecule has 0 fully saturated rings. The Hall–Kier alpha value is -1.04. The zero-order valence-corrected chi connectivity index (χ0v) is 9.74. The molecule has 1 aromatic rings. The first-order chi connectivity index (χ1) is 7.14. The summed E-state index contributed by atoms with van der Waals surface area (Å²) in [5, 5.41) is 0. The van der Waals surface area contributed by atoms with Crippen molar-refractivity contribution >= 4 is 16.8 Å². The first-order valence-electron chi connectivity index (χ1n) is 4.34. The van der Waals surface area contributed by atoms with Crippen molar-refractivity contribution in [3.8, 4) is 0 Å². The Kier molecular flexibility index (Phi) is 4.14. The van der Waals surface area contributed by atoms with Crippen molar-refractivity contribution in [2.24, 2.45) is 0 Å². The SMILES string of the molecule is COS(OC)(OC(C)=O)c1ccccc1. The minimum Gasteiger partial charge on any atom is -0.363 e. The molecule has 1 rings (SSSR count). The van der Waals surface area contributed by atoms with Gasteiger partial charge in [0.15, 0.2) is 10.9 Å². The molecule has 0 radical (unpaired) electrons. The topological polar surface area (TPSA) is 44.8 Å². The van der Waals surface area contributed by atoms with E-state index in [9.17, 15) is 4.79 Å². The van der Waals surface area contributed by atoms with Crippen LogP contribution in [0, 0.1) is 0 Å². The molecular formula is C10H14O4S. The van der Waals surface area contributed by atoms with Crippen LogP contribution in [0.25, 0.3) is 0 Å². The third kappa shape index (κ3) is 2.71. The van der Waals surface area contributed by atoms with Crippen LogP contribution < -0.4 is 0 Å². The maximum Gasteiger partial charge on any atom is 0.317 e. The van der Waals surface area contributed by atoms with Gasteiger partial charge in [-0.25, -0.2) is 0 Å². The quantitative estimate of drug-likeness (QED) is 0.797. The summed E-state index contributed by atoms with van der Waals surface area (Å²) >= 11 is 0. The van der Waals surface area contributed by atoms with Gasteiger partial charge in [0, 0.05) is 6.92 Å². The van der Waals surface area contributed by atoms with E-state index in [2.05, 4.69) is 0 Å². The van der Waals surface area contributed by atoms with Gasteiger partial charge in [0.2, 0.25) is 0 Å². The Bertz CT molecular complexity index is 321. The fourth-order valence-electron chi connectivity index (χ4n) is 1.12. The van der Waals surface area contributed by atoms with Crippen molar-refractivity contribution in [1.29, 1.82) is 0 Å². The van der Waals surface area contributed by atoms with E-state index in [-0.39, 0.29) is 0 Å². The predicted molar refractivity (Wildman–Crippen MR) is 58.1 cm³/mol. The standard InChI is InChI=1S/C10H14O4S/c1-9(11)14-15(12-2,13-3)10-7-5-4-6-8-10/h4-8H,1-3H3. The lowest BCUT2D eigenvalue weighted by Crippen LogP contribution is -2.12. The summed E-state index contributed by atoms with van der Waals surface area (Å²) in [5.74, 6) is -0.433. The minimum atomic E-state index is -2.40. The van der Waals surface area contributed by atoms with Gasteiger partial charge < -0.3 is 4.18 Å². The lowest BCUT2D eigenvalue weighted by molar-refractivity contribution is -0.132. The van der Waals surface area contributed by atoms with Gasteiger partial charge in [0.25, 0.3) is 0 Å². The molecule has 0 spiro atoms. The summed E-state index contributed by atoms with van der Waals surface area (Å²) in [6.45, 7) is 1.32. The van der Waals surface area contributed by atoms with Crippen molar-refractivity contribution in [3.63, 3.8) is 0 Å². The fraction of sp³-hybridized carbons (Fsp3) is 0.300. The second kappa shape index (κ2) is 5.16. The Morgan fingerprint density at radius 3 is 2.07 bits per heavy atom. The molecule has 84 valence electrons. The Morgan fingerprint density at radius 1 is 1.13 bits per heavy atom. The van der Waals surface area contributed by atoms with E-state index in [4.69, 9.17) is 12.5 Å². The summed E-state index contributed by atoms with van der Waals surface area (Å²) in [6, 6.07) is 9.13. The molecule has 0 aliphatic rings. The van der Waals surface area contributed by atoms with E-state index in [1.54, 1.807) is 12.1 Å². The number of benzene rings is 1. The molecular weight excluding hydrogens is 216 g/mol. The Labute approximate surface area is 91.1 Å². The zero-order chi connectivity index (χ0) is 11.3. The van der Waals surface area contributed by atoms with Crippen LogP contribution in [0.5, 0.6) is 0 Å². The summed E-state index contributed by atoms with van der Waals surface area (Å²) in [6.07, 6.45) is 0. The molecule has 0 N–H and O–H groups in total. The van der Waals surface area contributed by atoms with Gasteiger partial charge in [-0.15, -0.1) is 0 Å². The van der Waals surface area contributed by atoms with Crippen LogP contribution in [0.1, 0.15) is 6.92 Å². The van der Waals surface area contributed by atoms with Gasteiger partial charge in [-0.2, -0.15) is 0 Å². The molecule has 0 unspecified atom stereocenters. The molecule has 0 aliphatic carbocycles. The van der Waals surface area contributed by atoms with Crippen LogP contribution in [-0.4, -0.2) is 20.2 Å². The minimum absolute atomic E-state index is 0.433. The molecule has 0 saturated carbocycles. The van der Waals surface area contributed by atoms with Gasteiger partial charge in [-0.3, -0.25) is 13.2 Å². The van der Waals surface area contributed by atoms with Crippen LogP contribution in [0.2, 0.25) is 0 Å². The lowest BCUT2D eigenvalue weighted by atomic mass is 10.4. The summed E-state index contributed by atoms with van der Waals surface area (Å²) in [5.41, 5.74) is 0. The molecule has 0 heterocycles. The fourth-order valence-corrected chi connectivity index (χ4v) is 2.67. The third-order valence-electron chi connectivity index (χ3n) is 1.70. The van der Waals surface area contributed by atoms with Crippen LogP contribution in [0.15, 0.2) is 35.2 Å². The molecule has 5 heteroatoms. The largest absolute Gasteiger partial charge is 0.363 e. The van der Waals surface area contributed by atoms with E-state index in [1.165, 1.54) is 21.1 Å². The van der Waals surface area contributed by atoms with E-state index < -0.39 is 16.8 Å². The molecule has 0 aliphatic heterocycles. The smallest absolute Gasteiger partial charge is 0.317 e. The molecule has 0 amide bonds. The number of hydrogen-bond donors (Lipinski definition) is 0. The van der Waals surface area contributed by atoms with Crippen molar-refractivity contribution < 1.29 is 17.3 Å². The van der Waals surface area contributed by atoms with Gasteiger partial charge in [-0.05, 0) is 12.1 Å². The molecule has 1 aromatic carbocycles. The van der Waals surface area contributed by atoms with Gasteiger partial charge in [0.1, 0.15) is 0 Å². The molecule has 0 aromatic heterocycles. The molecule has 0 saturated heterocycles. The monoisotopic (exact) mass is 230 g/mol. The highest BCUT2D eigenvalue weighted by Gasteiger charge is 2.30. The van der Waals surface area contributed by atoms with Crippen molar-refractivity contribution in [3.05, 3.63) is 30.3 Å². The maximum absolute atomic E-state index is 11.0. The predicted octanol–water partition coefficient (Wildman–Crippen LogP) is 2.45. The Balaban J connectivity index is 3.05. The summed E-state index contributed by atoms with van der Waals surface area (Å²) in [4.78, 5) is 11.7. The van der Waals surface area contributed by atoms with Gasteiger partial charge >= 0.3 is 5.97 Å². The summed E-state index contributed by atoms with van der Waals surface area (Å²) in [7, 11) is 0.506. The lowest BCUT2D eigenvalue weighted by Gasteiger charge is -2.33. The van der Waals surface area contributed by atoms with Gasteiger partial charge in [-0.1, -0.05) is 18.2 Å². The van der Waals surface area contributed by atoms with E-state index in [1.807, 2.05) is 18.2 Å². The third-order valence-corrected chi connectivity index (χ3v) is 3.88. The van der Waals surface area contributed by atoms with Crippen LogP contribution in [0.4, 0.5) is 0 Å². The Morgan fingerprint density at radius 2 is 1.67 bits per heavy atom. The average Bonchev–Trinajstić information content (AvgIpc) is 2.27. The molecule has 0 bridgehead atoms. The van der Waals surface area contributed by atoms with Crippen molar-refractivity contribution in [1.82, 2.24) is 0 Å². The highest BCUT2D eigenvalue weighted by molar-refractivity contribution is 8.22. The van der Waals surface area contributed by atoms with Crippen LogP contribution >= 0.6 is 10.9 Å². The first-order valence-corrected chi connectivity index (χ1v) is 5.75. The molecule has 0 atom stereocenters. The second-order valence-corrected chi connectivity index (χ2v) is 4.89. The summed E-state index contributed by atoms with van der Waals surface area (Å²) < 4.78 is 15.5. The maximum atomic E-state index is 11.0. The van der Waals surface area contributed by atoms with Gasteiger partial charge in [0.05, 0.1) is 19.1 Å². The van der Waals surface area contributed by atoms with E-state index in [0.717, 1.165) is 0 Å². The highest BCUT2D eigenvalue weighted by atomic mass is 32.3. The number of hydrogen-bond acceptors (Lipinski definition) is 4. The molecule has 15 heavy (non-hydrogen) atoms. The number of carbonyl (C=O) groups is 1. The van der Waals surface area contributed by atoms with Crippen molar-refractivity contribution in [2.45, 2.75) is 11.8 Å². The van der Waals surface area contributed by atoms with Crippen molar-refractivity contribution in [2.75, 3.05) is 14.2 Å². The first kappa shape index (κ1) is 12.0. The normalized spacial score (nSPS) is 12.2. The van der Waals surface area contributed by atoms with Crippen LogP contribution in [0.3, 0.4) is 0 Å². The number of rotatable bonds is 4. The zero-order valence-electron chi connectivity index (χ0n) is 8.93. The highest BCUT2D eigenvalue weighted by Crippen LogP contribution is 2.57.